The van der Waals surface area contributed by atoms with Crippen LogP contribution in [0.2, 0.25) is 0 Å². The van der Waals surface area contributed by atoms with E-state index >= 15 is 0 Å². The summed E-state index contributed by atoms with van der Waals surface area (Å²) >= 11 is 0. The predicted molar refractivity (Wildman–Crippen MR) is 131 cm³/mol. The molecule has 0 saturated carbocycles. The summed E-state index contributed by atoms with van der Waals surface area (Å²) in [5, 5.41) is 2.91. The third-order valence-electron chi connectivity index (χ3n) is 6.05. The highest BCUT2D eigenvalue weighted by Crippen LogP contribution is 2.26. The molecule has 0 spiro atoms. The van der Waals surface area contributed by atoms with Crippen LogP contribution in [0.4, 0.5) is 0 Å². The third kappa shape index (κ3) is 6.81. The molecule has 3 rings (SSSR count). The molecule has 1 fully saturated rings. The minimum absolute atomic E-state index is 0.172. The highest BCUT2D eigenvalue weighted by Gasteiger charge is 2.25. The van der Waals surface area contributed by atoms with Gasteiger partial charge in [-0.05, 0) is 61.4 Å². The zero-order valence-corrected chi connectivity index (χ0v) is 20.7. The zero-order valence-electron chi connectivity index (χ0n) is 19.9. The lowest BCUT2D eigenvalue weighted by atomic mass is 10.0. The van der Waals surface area contributed by atoms with Crippen LogP contribution in [-0.2, 0) is 21.2 Å². The van der Waals surface area contributed by atoms with Crippen molar-refractivity contribution in [2.75, 3.05) is 19.6 Å². The molecule has 1 atom stereocenters. The van der Waals surface area contributed by atoms with E-state index in [-0.39, 0.29) is 5.91 Å². The molecule has 6 nitrogen and oxygen atoms in total. The Labute approximate surface area is 198 Å². The standard InChI is InChI=1S/C26H36N2O4S/c1-20(2)24-10-6-7-11-25(24)32-21(3)26(29)27-17-16-22-12-14-23(15-13-22)33(30,31)28-18-8-4-5-9-19-28/h6-7,10-15,20-21H,4-5,8-9,16-19H2,1-3H3,(H,27,29). The molecule has 1 amide bonds. The largest absolute Gasteiger partial charge is 0.481 e. The molecule has 0 aromatic heterocycles. The van der Waals surface area contributed by atoms with Gasteiger partial charge >= 0.3 is 0 Å². The van der Waals surface area contributed by atoms with Crippen LogP contribution < -0.4 is 10.1 Å². The van der Waals surface area contributed by atoms with E-state index in [1.54, 1.807) is 23.4 Å². The molecule has 1 aliphatic heterocycles. The quantitative estimate of drug-likeness (QED) is 0.583. The van der Waals surface area contributed by atoms with E-state index in [0.717, 1.165) is 42.6 Å². The van der Waals surface area contributed by atoms with Gasteiger partial charge < -0.3 is 10.1 Å². The molecule has 1 aliphatic rings. The number of carbonyl (C=O) groups excluding carboxylic acids is 1. The first-order valence-corrected chi connectivity index (χ1v) is 13.4. The van der Waals surface area contributed by atoms with Gasteiger partial charge in [0.1, 0.15) is 5.75 Å². The number of benzene rings is 2. The molecule has 1 unspecified atom stereocenters. The average Bonchev–Trinajstić information content (AvgIpc) is 3.10. The summed E-state index contributed by atoms with van der Waals surface area (Å²) in [4.78, 5) is 12.8. The lowest BCUT2D eigenvalue weighted by Gasteiger charge is -2.20. The first-order chi connectivity index (χ1) is 15.8. The van der Waals surface area contributed by atoms with Gasteiger partial charge in [-0.15, -0.1) is 0 Å². The summed E-state index contributed by atoms with van der Waals surface area (Å²) in [6.45, 7) is 7.58. The highest BCUT2D eigenvalue weighted by molar-refractivity contribution is 7.89. The molecule has 1 saturated heterocycles. The number of carbonyl (C=O) groups is 1. The topological polar surface area (TPSA) is 75.7 Å². The molecule has 0 aliphatic carbocycles. The smallest absolute Gasteiger partial charge is 0.260 e. The lowest BCUT2D eigenvalue weighted by molar-refractivity contribution is -0.127. The molecule has 2 aromatic rings. The Bertz CT molecular complexity index is 1010. The van der Waals surface area contributed by atoms with Gasteiger partial charge in [-0.2, -0.15) is 4.31 Å². The second kappa shape index (κ2) is 11.7. The number of hydrogen-bond donors (Lipinski definition) is 1. The Morgan fingerprint density at radius 2 is 1.61 bits per heavy atom. The molecule has 2 aromatic carbocycles. The molecule has 0 bridgehead atoms. The van der Waals surface area contributed by atoms with Crippen LogP contribution in [0.25, 0.3) is 0 Å². The van der Waals surface area contributed by atoms with Gasteiger partial charge in [0.25, 0.3) is 5.91 Å². The predicted octanol–water partition coefficient (Wildman–Crippen LogP) is 4.50. The van der Waals surface area contributed by atoms with Gasteiger partial charge in [-0.3, -0.25) is 4.79 Å². The molecular weight excluding hydrogens is 436 g/mol. The summed E-state index contributed by atoms with van der Waals surface area (Å²) in [7, 11) is -3.44. The van der Waals surface area contributed by atoms with Gasteiger partial charge in [-0.1, -0.05) is 57.0 Å². The van der Waals surface area contributed by atoms with Crippen molar-refractivity contribution >= 4 is 15.9 Å². The maximum atomic E-state index is 12.9. The SMILES string of the molecule is CC(Oc1ccccc1C(C)C)C(=O)NCCc1ccc(S(=O)(=O)N2CCCCCC2)cc1. The zero-order chi connectivity index (χ0) is 23.8. The fourth-order valence-corrected chi connectivity index (χ4v) is 5.56. The molecule has 1 N–H and O–H groups in total. The third-order valence-corrected chi connectivity index (χ3v) is 7.97. The number of ether oxygens (including phenoxy) is 1. The van der Waals surface area contributed by atoms with Crippen molar-refractivity contribution < 1.29 is 17.9 Å². The maximum Gasteiger partial charge on any atom is 0.260 e. The van der Waals surface area contributed by atoms with Crippen molar-refractivity contribution in [3.05, 3.63) is 59.7 Å². The lowest BCUT2D eigenvalue weighted by Crippen LogP contribution is -2.37. The van der Waals surface area contributed by atoms with Crippen molar-refractivity contribution in [1.82, 2.24) is 9.62 Å². The van der Waals surface area contributed by atoms with Gasteiger partial charge in [-0.25, -0.2) is 8.42 Å². The highest BCUT2D eigenvalue weighted by atomic mass is 32.2. The first kappa shape index (κ1) is 25.2. The number of rotatable bonds is 9. The van der Waals surface area contributed by atoms with E-state index in [1.165, 1.54) is 0 Å². The van der Waals surface area contributed by atoms with Gasteiger partial charge in [0.2, 0.25) is 10.0 Å². The minimum Gasteiger partial charge on any atom is -0.481 e. The summed E-state index contributed by atoms with van der Waals surface area (Å²) in [5.74, 6) is 0.868. The number of hydrogen-bond acceptors (Lipinski definition) is 4. The van der Waals surface area contributed by atoms with E-state index in [1.807, 2.05) is 36.4 Å². The molecule has 180 valence electrons. The van der Waals surface area contributed by atoms with E-state index in [2.05, 4.69) is 19.2 Å². The normalized spacial score (nSPS) is 16.2. The van der Waals surface area contributed by atoms with Crippen LogP contribution >= 0.6 is 0 Å². The maximum absolute atomic E-state index is 12.9. The van der Waals surface area contributed by atoms with Crippen molar-refractivity contribution in [2.45, 2.75) is 69.8 Å². The van der Waals surface area contributed by atoms with Crippen LogP contribution in [-0.4, -0.2) is 44.4 Å². The number of nitrogens with zero attached hydrogens (tertiary/aromatic N) is 1. The Balaban J connectivity index is 1.51. The molecule has 7 heteroatoms. The van der Waals surface area contributed by atoms with Crippen molar-refractivity contribution in [1.29, 1.82) is 0 Å². The second-order valence-electron chi connectivity index (χ2n) is 8.96. The van der Waals surface area contributed by atoms with E-state index in [9.17, 15) is 13.2 Å². The Morgan fingerprint density at radius 3 is 2.24 bits per heavy atom. The number of para-hydroxylation sites is 1. The Hall–Kier alpha value is -2.38. The summed E-state index contributed by atoms with van der Waals surface area (Å²) in [5.41, 5.74) is 2.05. The molecule has 1 heterocycles. The van der Waals surface area contributed by atoms with E-state index < -0.39 is 16.1 Å². The van der Waals surface area contributed by atoms with Crippen LogP contribution in [0.5, 0.6) is 5.75 Å². The second-order valence-corrected chi connectivity index (χ2v) is 10.9. The van der Waals surface area contributed by atoms with Crippen LogP contribution in [0.1, 0.15) is 63.5 Å². The fraction of sp³-hybridized carbons (Fsp3) is 0.500. The summed E-state index contributed by atoms with van der Waals surface area (Å²) in [6.07, 6.45) is 4.02. The van der Waals surface area contributed by atoms with Crippen molar-refractivity contribution in [3.8, 4) is 5.75 Å². The van der Waals surface area contributed by atoms with Crippen LogP contribution in [0, 0.1) is 0 Å². The number of amides is 1. The van der Waals surface area contributed by atoms with Crippen LogP contribution in [0.3, 0.4) is 0 Å². The van der Waals surface area contributed by atoms with E-state index in [4.69, 9.17) is 4.74 Å². The van der Waals surface area contributed by atoms with Crippen molar-refractivity contribution in [3.63, 3.8) is 0 Å². The monoisotopic (exact) mass is 472 g/mol. The van der Waals surface area contributed by atoms with Gasteiger partial charge in [0.05, 0.1) is 4.90 Å². The number of nitrogens with one attached hydrogen (secondary N) is 1. The molecule has 0 radical (unpaired) electrons. The minimum atomic E-state index is -3.44. The molecular formula is C26H36N2O4S. The van der Waals surface area contributed by atoms with Gasteiger partial charge in [0, 0.05) is 19.6 Å². The summed E-state index contributed by atoms with van der Waals surface area (Å²) < 4.78 is 33.3. The van der Waals surface area contributed by atoms with Gasteiger partial charge in [0.15, 0.2) is 6.10 Å². The molecule has 33 heavy (non-hydrogen) atoms. The first-order valence-electron chi connectivity index (χ1n) is 11.9. The van der Waals surface area contributed by atoms with Crippen LogP contribution in [0.15, 0.2) is 53.4 Å². The Kier molecular flexibility index (Phi) is 8.92. The Morgan fingerprint density at radius 1 is 0.970 bits per heavy atom. The van der Waals surface area contributed by atoms with Crippen molar-refractivity contribution in [2.24, 2.45) is 0 Å². The van der Waals surface area contributed by atoms with E-state index in [0.29, 0.717) is 36.9 Å². The number of sulfonamides is 1. The average molecular weight is 473 g/mol. The fourth-order valence-electron chi connectivity index (χ4n) is 4.04. The summed E-state index contributed by atoms with van der Waals surface area (Å²) in [6, 6.07) is 14.8.